The first-order valence-corrected chi connectivity index (χ1v) is 4.87. The quantitative estimate of drug-likeness (QED) is 0.547. The second-order valence-corrected chi connectivity index (χ2v) is 3.65. The number of aromatic nitrogens is 2. The summed E-state index contributed by atoms with van der Waals surface area (Å²) in [5, 5.41) is 12.3. The van der Waals surface area contributed by atoms with Crippen LogP contribution in [-0.4, -0.2) is 4.98 Å². The maximum atomic E-state index is 11.7. The van der Waals surface area contributed by atoms with E-state index in [1.807, 2.05) is 0 Å². The van der Waals surface area contributed by atoms with Gasteiger partial charge in [0.05, 0.1) is 5.56 Å². The number of hydrogen-bond acceptors (Lipinski definition) is 2. The Hall–Kier alpha value is -1.61. The third-order valence-electron chi connectivity index (χ3n) is 2.13. The van der Waals surface area contributed by atoms with Crippen molar-refractivity contribution in [1.29, 1.82) is 0 Å². The molecule has 0 aliphatic rings. The van der Waals surface area contributed by atoms with Gasteiger partial charge < -0.3 is 5.21 Å². The van der Waals surface area contributed by atoms with Crippen LogP contribution in [0.25, 0.3) is 11.4 Å². The van der Waals surface area contributed by atoms with Gasteiger partial charge in [-0.1, -0.05) is 11.6 Å². The van der Waals surface area contributed by atoms with E-state index in [4.69, 9.17) is 11.6 Å². The molecule has 76 valence electrons. The smallest absolute Gasteiger partial charge is 0.333 e. The van der Waals surface area contributed by atoms with Crippen molar-refractivity contribution in [2.24, 2.45) is 0 Å². The molecule has 0 bridgehead atoms. The van der Waals surface area contributed by atoms with Crippen molar-refractivity contribution < 1.29 is 4.73 Å². The van der Waals surface area contributed by atoms with Crippen molar-refractivity contribution >= 4 is 11.6 Å². The number of benzene rings is 1. The molecule has 4 heteroatoms. The Morgan fingerprint density at radius 3 is 2.53 bits per heavy atom. The van der Waals surface area contributed by atoms with Crippen LogP contribution in [0.3, 0.4) is 0 Å². The number of aryl methyl sites for hydroxylation is 1. The zero-order valence-corrected chi connectivity index (χ0v) is 8.90. The Balaban J connectivity index is 2.54. The van der Waals surface area contributed by atoms with Crippen LogP contribution in [0.1, 0.15) is 5.69 Å². The van der Waals surface area contributed by atoms with Gasteiger partial charge in [0, 0.05) is 11.1 Å². The molecule has 1 heterocycles. The van der Waals surface area contributed by atoms with Crippen LogP contribution in [0.5, 0.6) is 0 Å². The van der Waals surface area contributed by atoms with Gasteiger partial charge in [0.25, 0.3) is 0 Å². The summed E-state index contributed by atoms with van der Waals surface area (Å²) in [6.07, 6.45) is 1.62. The third kappa shape index (κ3) is 1.92. The number of nitrogens with zero attached hydrogens (tertiary/aromatic N) is 2. The highest BCUT2D eigenvalue weighted by atomic mass is 35.5. The molecule has 0 saturated heterocycles. The van der Waals surface area contributed by atoms with Crippen LogP contribution in [0.4, 0.5) is 0 Å². The molecule has 0 aliphatic carbocycles. The second-order valence-electron chi connectivity index (χ2n) is 3.21. The summed E-state index contributed by atoms with van der Waals surface area (Å²) in [6, 6.07) is 8.70. The van der Waals surface area contributed by atoms with Gasteiger partial charge in [-0.15, -0.1) is 0 Å². The average molecular weight is 221 g/mol. The fourth-order valence-electron chi connectivity index (χ4n) is 1.29. The summed E-state index contributed by atoms with van der Waals surface area (Å²) in [6.45, 7) is 1.74. The molecule has 0 unspecified atom stereocenters. The van der Waals surface area contributed by atoms with E-state index in [0.29, 0.717) is 16.5 Å². The fourth-order valence-corrected chi connectivity index (χ4v) is 1.42. The van der Waals surface area contributed by atoms with Crippen LogP contribution in [0.15, 0.2) is 36.5 Å². The average Bonchev–Trinajstić information content (AvgIpc) is 2.24. The van der Waals surface area contributed by atoms with Gasteiger partial charge in [-0.05, 0) is 36.2 Å². The Kier molecular flexibility index (Phi) is 2.56. The Morgan fingerprint density at radius 2 is 1.87 bits per heavy atom. The molecule has 2 rings (SSSR count). The van der Waals surface area contributed by atoms with Crippen molar-refractivity contribution in [1.82, 2.24) is 4.98 Å². The van der Waals surface area contributed by atoms with E-state index in [1.165, 1.54) is 0 Å². The minimum atomic E-state index is 0.395. The van der Waals surface area contributed by atoms with Crippen molar-refractivity contribution in [3.63, 3.8) is 0 Å². The van der Waals surface area contributed by atoms with Gasteiger partial charge in [-0.3, -0.25) is 0 Å². The van der Waals surface area contributed by atoms with Crippen LogP contribution < -0.4 is 4.73 Å². The van der Waals surface area contributed by atoms with Crippen LogP contribution in [0, 0.1) is 12.1 Å². The number of rotatable bonds is 1. The van der Waals surface area contributed by atoms with E-state index in [-0.39, 0.29) is 0 Å². The minimum absolute atomic E-state index is 0.395. The SMILES string of the molecule is Cc1ccnc(-c2ccc(Cl)cc2)[n+]1[O-]. The maximum Gasteiger partial charge on any atom is 0.333 e. The summed E-state index contributed by atoms with van der Waals surface area (Å²) in [5.41, 5.74) is 1.38. The first-order chi connectivity index (χ1) is 7.18. The van der Waals surface area contributed by atoms with E-state index in [0.717, 1.165) is 10.3 Å². The Bertz CT molecular complexity index is 482. The molecule has 0 spiro atoms. The van der Waals surface area contributed by atoms with Crippen LogP contribution in [0.2, 0.25) is 5.02 Å². The lowest BCUT2D eigenvalue weighted by Crippen LogP contribution is -2.33. The molecule has 0 aliphatic heterocycles. The highest BCUT2D eigenvalue weighted by Crippen LogP contribution is 2.16. The van der Waals surface area contributed by atoms with Crippen LogP contribution in [-0.2, 0) is 0 Å². The normalized spacial score (nSPS) is 10.3. The van der Waals surface area contributed by atoms with E-state index in [1.54, 1.807) is 43.5 Å². The van der Waals surface area contributed by atoms with Gasteiger partial charge in [-0.25, -0.2) is 4.73 Å². The summed E-state index contributed by atoms with van der Waals surface area (Å²) in [5.74, 6) is 0.395. The van der Waals surface area contributed by atoms with E-state index in [2.05, 4.69) is 4.98 Å². The van der Waals surface area contributed by atoms with Crippen molar-refractivity contribution in [3.8, 4) is 11.4 Å². The zero-order chi connectivity index (χ0) is 10.8. The highest BCUT2D eigenvalue weighted by molar-refractivity contribution is 6.30. The lowest BCUT2D eigenvalue weighted by atomic mass is 10.2. The predicted molar refractivity (Wildman–Crippen MR) is 58.4 cm³/mol. The maximum absolute atomic E-state index is 11.7. The largest absolute Gasteiger partial charge is 0.710 e. The highest BCUT2D eigenvalue weighted by Gasteiger charge is 2.11. The van der Waals surface area contributed by atoms with Gasteiger partial charge in [0.15, 0.2) is 0 Å². The molecular formula is C11H9ClN2O. The van der Waals surface area contributed by atoms with E-state index in [9.17, 15) is 5.21 Å². The molecular weight excluding hydrogens is 212 g/mol. The molecule has 1 aromatic heterocycles. The standard InChI is InChI=1S/C11H9ClN2O/c1-8-6-7-13-11(14(8)15)9-2-4-10(12)5-3-9/h2-7H,1H3. The molecule has 2 aromatic rings. The molecule has 0 atom stereocenters. The van der Waals surface area contributed by atoms with Gasteiger partial charge in [0.1, 0.15) is 11.9 Å². The first-order valence-electron chi connectivity index (χ1n) is 4.49. The van der Waals surface area contributed by atoms with Gasteiger partial charge in [-0.2, -0.15) is 0 Å². The topological polar surface area (TPSA) is 39.8 Å². The molecule has 0 fully saturated rings. The number of hydrogen-bond donors (Lipinski definition) is 0. The first kappa shape index (κ1) is 9.93. The second kappa shape index (κ2) is 3.87. The summed E-state index contributed by atoms with van der Waals surface area (Å²) >= 11 is 5.76. The fraction of sp³-hybridized carbons (Fsp3) is 0.0909. The van der Waals surface area contributed by atoms with Gasteiger partial charge >= 0.3 is 5.82 Å². The molecule has 3 nitrogen and oxygen atoms in total. The summed E-state index contributed by atoms with van der Waals surface area (Å²) in [7, 11) is 0. The monoisotopic (exact) mass is 220 g/mol. The van der Waals surface area contributed by atoms with Crippen molar-refractivity contribution in [2.45, 2.75) is 6.92 Å². The Morgan fingerprint density at radius 1 is 1.20 bits per heavy atom. The predicted octanol–water partition coefficient (Wildman–Crippen LogP) is 2.34. The molecule has 0 amide bonds. The number of halogens is 1. The lowest BCUT2D eigenvalue weighted by molar-refractivity contribution is -0.603. The zero-order valence-electron chi connectivity index (χ0n) is 8.14. The third-order valence-corrected chi connectivity index (χ3v) is 2.38. The van der Waals surface area contributed by atoms with Crippen molar-refractivity contribution in [2.75, 3.05) is 0 Å². The molecule has 1 aromatic carbocycles. The van der Waals surface area contributed by atoms with Gasteiger partial charge in [0.2, 0.25) is 0 Å². The molecule has 0 saturated carbocycles. The lowest BCUT2D eigenvalue weighted by Gasteiger charge is -2.08. The minimum Gasteiger partial charge on any atom is -0.710 e. The molecule has 0 N–H and O–H groups in total. The summed E-state index contributed by atoms with van der Waals surface area (Å²) in [4.78, 5) is 4.05. The van der Waals surface area contributed by atoms with E-state index < -0.39 is 0 Å². The van der Waals surface area contributed by atoms with Crippen molar-refractivity contribution in [3.05, 3.63) is 52.5 Å². The molecule has 15 heavy (non-hydrogen) atoms. The molecule has 0 radical (unpaired) electrons. The van der Waals surface area contributed by atoms with Crippen LogP contribution >= 0.6 is 11.6 Å². The Labute approximate surface area is 92.6 Å². The summed E-state index contributed by atoms with van der Waals surface area (Å²) < 4.78 is 0.809. The van der Waals surface area contributed by atoms with E-state index >= 15 is 0 Å².